The van der Waals surface area contributed by atoms with E-state index >= 15 is 0 Å². The summed E-state index contributed by atoms with van der Waals surface area (Å²) in [6, 6.07) is 15.9. The third kappa shape index (κ3) is 2.09. The predicted octanol–water partition coefficient (Wildman–Crippen LogP) is 4.41. The number of para-hydroxylation sites is 2. The minimum absolute atomic E-state index is 0. The second-order valence-electron chi connectivity index (χ2n) is 3.96. The Labute approximate surface area is 117 Å². The summed E-state index contributed by atoms with van der Waals surface area (Å²) >= 11 is 5.91. The molecule has 0 atom stereocenters. The van der Waals surface area contributed by atoms with Crippen LogP contribution < -0.4 is 0 Å². The van der Waals surface area contributed by atoms with Crippen LogP contribution in [0.1, 0.15) is 5.82 Å². The SMILES string of the molecule is Cc1nc2ccccc2n1-c1ccc(Cl)cc1.Cl. The van der Waals surface area contributed by atoms with Crippen LogP contribution in [0.2, 0.25) is 5.02 Å². The fourth-order valence-electron chi connectivity index (χ4n) is 2.06. The first-order valence-corrected chi connectivity index (χ1v) is 5.83. The lowest BCUT2D eigenvalue weighted by Crippen LogP contribution is -1.96. The van der Waals surface area contributed by atoms with Crippen LogP contribution in [0.15, 0.2) is 48.5 Å². The Hall–Kier alpha value is -1.51. The zero-order valence-corrected chi connectivity index (χ0v) is 11.4. The summed E-state index contributed by atoms with van der Waals surface area (Å²) in [6.07, 6.45) is 0. The number of nitrogens with zero attached hydrogens (tertiary/aromatic N) is 2. The van der Waals surface area contributed by atoms with Crippen LogP contribution in [0.5, 0.6) is 0 Å². The average molecular weight is 279 g/mol. The van der Waals surface area contributed by atoms with Gasteiger partial charge in [-0.25, -0.2) is 4.98 Å². The van der Waals surface area contributed by atoms with Crippen LogP contribution >= 0.6 is 24.0 Å². The van der Waals surface area contributed by atoms with Crippen molar-refractivity contribution in [2.45, 2.75) is 6.92 Å². The largest absolute Gasteiger partial charge is 0.297 e. The molecule has 0 unspecified atom stereocenters. The highest BCUT2D eigenvalue weighted by molar-refractivity contribution is 6.30. The molecule has 0 aliphatic rings. The second-order valence-corrected chi connectivity index (χ2v) is 4.40. The molecule has 0 amide bonds. The maximum atomic E-state index is 5.91. The molecule has 4 heteroatoms. The van der Waals surface area contributed by atoms with Crippen molar-refractivity contribution in [1.82, 2.24) is 9.55 Å². The molecule has 0 radical (unpaired) electrons. The molecule has 0 saturated carbocycles. The van der Waals surface area contributed by atoms with E-state index < -0.39 is 0 Å². The molecule has 0 N–H and O–H groups in total. The van der Waals surface area contributed by atoms with Gasteiger partial charge in [-0.15, -0.1) is 12.4 Å². The van der Waals surface area contributed by atoms with Gasteiger partial charge in [-0.2, -0.15) is 0 Å². The number of aromatic nitrogens is 2. The Bertz CT molecular complexity index is 672. The highest BCUT2D eigenvalue weighted by Gasteiger charge is 2.07. The summed E-state index contributed by atoms with van der Waals surface area (Å²) in [5.41, 5.74) is 3.22. The first-order valence-electron chi connectivity index (χ1n) is 5.46. The maximum absolute atomic E-state index is 5.91. The van der Waals surface area contributed by atoms with Gasteiger partial charge < -0.3 is 0 Å². The lowest BCUT2D eigenvalue weighted by atomic mass is 10.3. The van der Waals surface area contributed by atoms with E-state index in [1.54, 1.807) is 0 Å². The minimum atomic E-state index is 0. The number of benzene rings is 2. The molecule has 3 aromatic rings. The number of hydrogen-bond acceptors (Lipinski definition) is 1. The van der Waals surface area contributed by atoms with Gasteiger partial charge in [-0.05, 0) is 43.3 Å². The van der Waals surface area contributed by atoms with Crippen LogP contribution in [-0.4, -0.2) is 9.55 Å². The summed E-state index contributed by atoms with van der Waals surface area (Å²) in [5, 5.41) is 0.746. The van der Waals surface area contributed by atoms with E-state index in [4.69, 9.17) is 11.6 Å². The van der Waals surface area contributed by atoms with E-state index in [-0.39, 0.29) is 12.4 Å². The second kappa shape index (κ2) is 5.01. The van der Waals surface area contributed by atoms with Crippen molar-refractivity contribution in [3.8, 4) is 5.69 Å². The van der Waals surface area contributed by atoms with Gasteiger partial charge in [-0.1, -0.05) is 23.7 Å². The molecule has 0 bridgehead atoms. The summed E-state index contributed by atoms with van der Waals surface area (Å²) in [5.74, 6) is 0.980. The number of rotatable bonds is 1. The third-order valence-electron chi connectivity index (χ3n) is 2.81. The van der Waals surface area contributed by atoms with Crippen LogP contribution in [0.3, 0.4) is 0 Å². The lowest BCUT2D eigenvalue weighted by Gasteiger charge is -2.06. The fraction of sp³-hybridized carbons (Fsp3) is 0.0714. The molecular formula is C14H12Cl2N2. The number of hydrogen-bond donors (Lipinski definition) is 0. The van der Waals surface area contributed by atoms with Crippen molar-refractivity contribution in [1.29, 1.82) is 0 Å². The first-order chi connectivity index (χ1) is 8.25. The molecule has 3 rings (SSSR count). The monoisotopic (exact) mass is 278 g/mol. The zero-order valence-electron chi connectivity index (χ0n) is 9.80. The van der Waals surface area contributed by atoms with Crippen molar-refractivity contribution in [3.63, 3.8) is 0 Å². The van der Waals surface area contributed by atoms with E-state index in [0.717, 1.165) is 27.6 Å². The van der Waals surface area contributed by atoms with Crippen molar-refractivity contribution >= 4 is 35.0 Å². The van der Waals surface area contributed by atoms with Gasteiger partial charge in [0.15, 0.2) is 0 Å². The van der Waals surface area contributed by atoms with Crippen LogP contribution in [0, 0.1) is 6.92 Å². The summed E-state index contributed by atoms with van der Waals surface area (Å²) in [7, 11) is 0. The Kier molecular flexibility index (Phi) is 3.60. The van der Waals surface area contributed by atoms with Crippen molar-refractivity contribution < 1.29 is 0 Å². The Morgan fingerprint density at radius 1 is 1.00 bits per heavy atom. The van der Waals surface area contributed by atoms with Gasteiger partial charge in [0, 0.05) is 10.7 Å². The first kappa shape index (κ1) is 12.9. The van der Waals surface area contributed by atoms with E-state index in [1.165, 1.54) is 0 Å². The number of imidazole rings is 1. The predicted molar refractivity (Wildman–Crippen MR) is 78.1 cm³/mol. The molecule has 2 nitrogen and oxygen atoms in total. The summed E-state index contributed by atoms with van der Waals surface area (Å²) < 4.78 is 2.13. The molecule has 1 aromatic heterocycles. The van der Waals surface area contributed by atoms with Crippen LogP contribution in [0.4, 0.5) is 0 Å². The maximum Gasteiger partial charge on any atom is 0.111 e. The molecule has 1 heterocycles. The zero-order chi connectivity index (χ0) is 11.8. The standard InChI is InChI=1S/C14H11ClN2.ClH/c1-10-16-13-4-2-3-5-14(13)17(10)12-8-6-11(15)7-9-12;/h2-9H,1H3;1H. The normalized spacial score (nSPS) is 10.3. The molecule has 0 fully saturated rings. The molecule has 18 heavy (non-hydrogen) atoms. The van der Waals surface area contributed by atoms with Gasteiger partial charge in [0.2, 0.25) is 0 Å². The smallest absolute Gasteiger partial charge is 0.111 e. The molecule has 0 aliphatic carbocycles. The quantitative estimate of drug-likeness (QED) is 0.645. The van der Waals surface area contributed by atoms with E-state index in [9.17, 15) is 0 Å². The van der Waals surface area contributed by atoms with Gasteiger partial charge in [0.25, 0.3) is 0 Å². The molecule has 92 valence electrons. The Balaban J connectivity index is 0.00000120. The van der Waals surface area contributed by atoms with Gasteiger partial charge in [0.1, 0.15) is 5.82 Å². The third-order valence-corrected chi connectivity index (χ3v) is 3.07. The number of fused-ring (bicyclic) bond motifs is 1. The van der Waals surface area contributed by atoms with Crippen LogP contribution in [0.25, 0.3) is 16.7 Å². The van der Waals surface area contributed by atoms with Crippen molar-refractivity contribution in [2.24, 2.45) is 0 Å². The summed E-state index contributed by atoms with van der Waals surface area (Å²) in [4.78, 5) is 4.54. The number of aryl methyl sites for hydroxylation is 1. The average Bonchev–Trinajstić information content (AvgIpc) is 2.66. The minimum Gasteiger partial charge on any atom is -0.297 e. The summed E-state index contributed by atoms with van der Waals surface area (Å²) in [6.45, 7) is 2.01. The van der Waals surface area contributed by atoms with E-state index in [2.05, 4.69) is 15.6 Å². The fourth-order valence-corrected chi connectivity index (χ4v) is 2.19. The highest BCUT2D eigenvalue weighted by Crippen LogP contribution is 2.22. The Morgan fingerprint density at radius 3 is 2.39 bits per heavy atom. The van der Waals surface area contributed by atoms with Gasteiger partial charge in [0.05, 0.1) is 11.0 Å². The van der Waals surface area contributed by atoms with Gasteiger partial charge in [-0.3, -0.25) is 4.57 Å². The van der Waals surface area contributed by atoms with Crippen molar-refractivity contribution in [2.75, 3.05) is 0 Å². The highest BCUT2D eigenvalue weighted by atomic mass is 35.5. The molecule has 2 aromatic carbocycles. The number of halogens is 2. The molecule has 0 saturated heterocycles. The van der Waals surface area contributed by atoms with E-state index in [0.29, 0.717) is 0 Å². The van der Waals surface area contributed by atoms with E-state index in [1.807, 2.05) is 49.4 Å². The molecule has 0 spiro atoms. The van der Waals surface area contributed by atoms with Crippen molar-refractivity contribution in [3.05, 3.63) is 59.4 Å². The molecular weight excluding hydrogens is 267 g/mol. The Morgan fingerprint density at radius 2 is 1.67 bits per heavy atom. The van der Waals surface area contributed by atoms with Gasteiger partial charge >= 0.3 is 0 Å². The topological polar surface area (TPSA) is 17.8 Å². The lowest BCUT2D eigenvalue weighted by molar-refractivity contribution is 1.00. The van der Waals surface area contributed by atoms with Crippen LogP contribution in [-0.2, 0) is 0 Å². The molecule has 0 aliphatic heterocycles.